The van der Waals surface area contributed by atoms with Crippen LogP contribution in [0.5, 0.6) is 0 Å². The first kappa shape index (κ1) is 13.5. The molecule has 0 aromatic heterocycles. The van der Waals surface area contributed by atoms with Gasteiger partial charge in [-0.15, -0.1) is 0 Å². The van der Waals surface area contributed by atoms with Gasteiger partial charge in [0.15, 0.2) is 0 Å². The van der Waals surface area contributed by atoms with E-state index in [9.17, 15) is 9.59 Å². The van der Waals surface area contributed by atoms with Gasteiger partial charge in [-0.3, -0.25) is 4.79 Å². The molecule has 0 aliphatic heterocycles. The Kier molecular flexibility index (Phi) is 4.16. The minimum atomic E-state index is -1.22. The van der Waals surface area contributed by atoms with Crippen molar-refractivity contribution >= 4 is 11.9 Å². The summed E-state index contributed by atoms with van der Waals surface area (Å²) in [5.41, 5.74) is 2.40. The predicted molar refractivity (Wildman–Crippen MR) is 68.6 cm³/mol. The average molecular weight is 263 g/mol. The van der Waals surface area contributed by atoms with E-state index in [1.807, 2.05) is 18.2 Å². The van der Waals surface area contributed by atoms with Gasteiger partial charge in [0.1, 0.15) is 6.04 Å². The van der Waals surface area contributed by atoms with Gasteiger partial charge >= 0.3 is 5.97 Å². The molecule has 3 N–H and O–H groups in total. The van der Waals surface area contributed by atoms with Crippen molar-refractivity contribution in [3.8, 4) is 0 Å². The maximum atomic E-state index is 12.0. The second-order valence-electron chi connectivity index (χ2n) is 4.79. The highest BCUT2D eigenvalue weighted by atomic mass is 16.4. The monoisotopic (exact) mass is 263 g/mol. The van der Waals surface area contributed by atoms with Crippen LogP contribution in [0.4, 0.5) is 0 Å². The van der Waals surface area contributed by atoms with Crippen LogP contribution in [0.15, 0.2) is 24.3 Å². The molecule has 1 aliphatic rings. The fourth-order valence-electron chi connectivity index (χ4n) is 2.40. The second kappa shape index (κ2) is 5.84. The number of aliphatic hydroxyl groups is 1. The zero-order valence-corrected chi connectivity index (χ0v) is 10.5. The molecule has 0 saturated carbocycles. The molecule has 0 fully saturated rings. The summed E-state index contributed by atoms with van der Waals surface area (Å²) < 4.78 is 0. The fourth-order valence-corrected chi connectivity index (χ4v) is 2.40. The number of carbonyl (C=O) groups is 2. The molecule has 0 bridgehead atoms. The number of aliphatic hydroxyl groups excluding tert-OH is 1. The third kappa shape index (κ3) is 3.12. The van der Waals surface area contributed by atoms with E-state index in [0.717, 1.165) is 12.0 Å². The molecule has 0 radical (unpaired) electrons. The zero-order chi connectivity index (χ0) is 13.8. The Hall–Kier alpha value is -1.88. The highest BCUT2D eigenvalue weighted by molar-refractivity contribution is 5.85. The van der Waals surface area contributed by atoms with Gasteiger partial charge in [-0.1, -0.05) is 24.3 Å². The number of carboxylic acid groups (broad SMARTS) is 1. The number of carbonyl (C=O) groups excluding carboxylic acids is 1. The highest BCUT2D eigenvalue weighted by Crippen LogP contribution is 2.25. The van der Waals surface area contributed by atoms with Crippen molar-refractivity contribution in [2.75, 3.05) is 6.61 Å². The van der Waals surface area contributed by atoms with Crippen LogP contribution in [0.3, 0.4) is 0 Å². The van der Waals surface area contributed by atoms with Gasteiger partial charge in [-0.25, -0.2) is 4.79 Å². The number of carboxylic acids is 1. The standard InChI is InChI=1S/C14H17NO4/c16-8-12(14(18)19)15-13(17)11-6-5-9-3-1-2-4-10(9)7-11/h1-4,11-12,16H,5-8H2,(H,15,17)(H,18,19)/t11?,12-/m1/s1. The molecule has 5 heteroatoms. The quantitative estimate of drug-likeness (QED) is 0.731. The second-order valence-corrected chi connectivity index (χ2v) is 4.79. The van der Waals surface area contributed by atoms with Crippen molar-refractivity contribution in [2.24, 2.45) is 5.92 Å². The highest BCUT2D eigenvalue weighted by Gasteiger charge is 2.27. The molecule has 0 spiro atoms. The van der Waals surface area contributed by atoms with Crippen LogP contribution in [-0.4, -0.2) is 34.7 Å². The molecule has 2 atom stereocenters. The molecule has 1 unspecified atom stereocenters. The largest absolute Gasteiger partial charge is 0.480 e. The van der Waals surface area contributed by atoms with Gasteiger partial charge in [0.2, 0.25) is 5.91 Å². The number of rotatable bonds is 4. The van der Waals surface area contributed by atoms with Crippen molar-refractivity contribution in [1.29, 1.82) is 0 Å². The Bertz CT molecular complexity index is 486. The minimum Gasteiger partial charge on any atom is -0.480 e. The van der Waals surface area contributed by atoms with Gasteiger partial charge in [-0.2, -0.15) is 0 Å². The van der Waals surface area contributed by atoms with E-state index in [1.165, 1.54) is 5.56 Å². The summed E-state index contributed by atoms with van der Waals surface area (Å²) >= 11 is 0. The number of amides is 1. The molecule has 19 heavy (non-hydrogen) atoms. The Morgan fingerprint density at radius 3 is 2.63 bits per heavy atom. The van der Waals surface area contributed by atoms with Gasteiger partial charge in [-0.05, 0) is 30.4 Å². The third-order valence-electron chi connectivity index (χ3n) is 3.51. The van der Waals surface area contributed by atoms with E-state index in [0.29, 0.717) is 12.8 Å². The lowest BCUT2D eigenvalue weighted by Gasteiger charge is -2.24. The summed E-state index contributed by atoms with van der Waals surface area (Å²) in [5, 5.41) is 20.1. The minimum absolute atomic E-state index is 0.219. The molecular weight excluding hydrogens is 246 g/mol. The Morgan fingerprint density at radius 2 is 2.00 bits per heavy atom. The molecule has 0 heterocycles. The van der Waals surface area contributed by atoms with Gasteiger partial charge < -0.3 is 15.5 Å². The van der Waals surface area contributed by atoms with Crippen LogP contribution in [0, 0.1) is 5.92 Å². The molecular formula is C14H17NO4. The van der Waals surface area contributed by atoms with E-state index in [4.69, 9.17) is 10.2 Å². The van der Waals surface area contributed by atoms with E-state index >= 15 is 0 Å². The van der Waals surface area contributed by atoms with Crippen LogP contribution in [0.25, 0.3) is 0 Å². The number of nitrogens with one attached hydrogen (secondary N) is 1. The van der Waals surface area contributed by atoms with Crippen molar-refractivity contribution < 1.29 is 19.8 Å². The van der Waals surface area contributed by atoms with Crippen LogP contribution in [0.1, 0.15) is 17.5 Å². The van der Waals surface area contributed by atoms with Crippen molar-refractivity contribution in [3.63, 3.8) is 0 Å². The van der Waals surface area contributed by atoms with Crippen molar-refractivity contribution in [2.45, 2.75) is 25.3 Å². The number of hydrogen-bond acceptors (Lipinski definition) is 3. The van der Waals surface area contributed by atoms with Gasteiger partial charge in [0.25, 0.3) is 0 Å². The van der Waals surface area contributed by atoms with Crippen LogP contribution in [-0.2, 0) is 22.4 Å². The summed E-state index contributed by atoms with van der Waals surface area (Å²) in [6, 6.07) is 6.75. The van der Waals surface area contributed by atoms with E-state index < -0.39 is 18.6 Å². The third-order valence-corrected chi connectivity index (χ3v) is 3.51. The van der Waals surface area contributed by atoms with E-state index in [1.54, 1.807) is 0 Å². The lowest BCUT2D eigenvalue weighted by Crippen LogP contribution is -2.46. The SMILES string of the molecule is O=C(N[C@H](CO)C(=O)O)C1CCc2ccccc2C1. The number of hydrogen-bond donors (Lipinski definition) is 3. The fraction of sp³-hybridized carbons (Fsp3) is 0.429. The number of aliphatic carboxylic acids is 1. The average Bonchev–Trinajstić information content (AvgIpc) is 2.43. The lowest BCUT2D eigenvalue weighted by atomic mass is 9.83. The summed E-state index contributed by atoms with van der Waals surface area (Å²) in [6.45, 7) is -0.593. The van der Waals surface area contributed by atoms with Crippen LogP contribution in [0.2, 0.25) is 0 Å². The van der Waals surface area contributed by atoms with Crippen molar-refractivity contribution in [3.05, 3.63) is 35.4 Å². The smallest absolute Gasteiger partial charge is 0.328 e. The molecule has 0 saturated heterocycles. The normalized spacial score (nSPS) is 19.3. The number of fused-ring (bicyclic) bond motifs is 1. The zero-order valence-electron chi connectivity index (χ0n) is 10.5. The Morgan fingerprint density at radius 1 is 1.32 bits per heavy atom. The summed E-state index contributed by atoms with van der Waals surface area (Å²) in [6.07, 6.45) is 2.16. The molecule has 1 amide bonds. The maximum absolute atomic E-state index is 12.0. The predicted octanol–water partition coefficient (Wildman–Crippen LogP) is 0.353. The summed E-state index contributed by atoms with van der Waals surface area (Å²) in [4.78, 5) is 22.8. The first-order chi connectivity index (χ1) is 9.11. The number of benzene rings is 1. The maximum Gasteiger partial charge on any atom is 0.328 e. The van der Waals surface area contributed by atoms with Crippen molar-refractivity contribution in [1.82, 2.24) is 5.32 Å². The summed E-state index contributed by atoms with van der Waals surface area (Å²) in [5.74, 6) is -1.73. The molecule has 2 rings (SSSR count). The van der Waals surface area contributed by atoms with Gasteiger partial charge in [0, 0.05) is 5.92 Å². The first-order valence-corrected chi connectivity index (χ1v) is 6.32. The lowest BCUT2D eigenvalue weighted by molar-refractivity contribution is -0.143. The Balaban J connectivity index is 2.01. The molecule has 102 valence electrons. The molecule has 1 aromatic carbocycles. The van der Waals surface area contributed by atoms with E-state index in [2.05, 4.69) is 11.4 Å². The topological polar surface area (TPSA) is 86.6 Å². The van der Waals surface area contributed by atoms with Crippen LogP contribution < -0.4 is 5.32 Å². The molecule has 1 aliphatic carbocycles. The van der Waals surface area contributed by atoms with E-state index in [-0.39, 0.29) is 11.8 Å². The van der Waals surface area contributed by atoms with Gasteiger partial charge in [0.05, 0.1) is 6.61 Å². The van der Waals surface area contributed by atoms with Crippen LogP contribution >= 0.6 is 0 Å². The Labute approximate surface area is 111 Å². The number of aryl methyl sites for hydroxylation is 1. The summed E-state index contributed by atoms with van der Waals surface area (Å²) in [7, 11) is 0. The molecule has 1 aromatic rings. The molecule has 5 nitrogen and oxygen atoms in total. The first-order valence-electron chi connectivity index (χ1n) is 6.32.